The molecule has 0 bridgehead atoms. The molecule has 94 valence electrons. The first-order valence-electron chi connectivity index (χ1n) is 6.69. The Morgan fingerprint density at radius 2 is 2.06 bits per heavy atom. The fraction of sp³-hybridized carbons (Fsp3) is 0.600. The van der Waals surface area contributed by atoms with Gasteiger partial charge in [0.1, 0.15) is 5.82 Å². The molecule has 0 unspecified atom stereocenters. The predicted molar refractivity (Wildman–Crippen MR) is 69.3 cm³/mol. The Balaban J connectivity index is 1.82. The summed E-state index contributed by atoms with van der Waals surface area (Å²) in [6.07, 6.45) is 6.69. The third-order valence-corrected chi connectivity index (χ3v) is 4.13. The van der Waals surface area contributed by atoms with Crippen LogP contribution < -0.4 is 5.32 Å². The number of hydrogen-bond acceptors (Lipinski definition) is 1. The topological polar surface area (TPSA) is 12.0 Å². The fourth-order valence-electron chi connectivity index (χ4n) is 2.90. The van der Waals surface area contributed by atoms with Crippen molar-refractivity contribution < 1.29 is 4.39 Å². The van der Waals surface area contributed by atoms with Crippen molar-refractivity contribution in [1.29, 1.82) is 0 Å². The van der Waals surface area contributed by atoms with Crippen LogP contribution >= 0.6 is 0 Å². The Morgan fingerprint density at radius 3 is 2.71 bits per heavy atom. The van der Waals surface area contributed by atoms with Crippen molar-refractivity contribution in [1.82, 2.24) is 5.32 Å². The van der Waals surface area contributed by atoms with E-state index in [1.54, 1.807) is 12.1 Å². The molecule has 0 saturated heterocycles. The van der Waals surface area contributed by atoms with Crippen LogP contribution in [0.5, 0.6) is 0 Å². The van der Waals surface area contributed by atoms with E-state index in [1.165, 1.54) is 38.2 Å². The highest BCUT2D eigenvalue weighted by Gasteiger charge is 2.31. The molecular formula is C15H22FN. The van der Waals surface area contributed by atoms with Gasteiger partial charge < -0.3 is 5.32 Å². The number of rotatable bonds is 5. The largest absolute Gasteiger partial charge is 0.312 e. The first-order chi connectivity index (χ1) is 8.24. The van der Waals surface area contributed by atoms with E-state index in [0.29, 0.717) is 5.41 Å². The molecular weight excluding hydrogens is 213 g/mol. The van der Waals surface area contributed by atoms with Gasteiger partial charge in [-0.2, -0.15) is 0 Å². The summed E-state index contributed by atoms with van der Waals surface area (Å²) in [4.78, 5) is 0. The van der Waals surface area contributed by atoms with E-state index in [2.05, 4.69) is 12.2 Å². The zero-order valence-electron chi connectivity index (χ0n) is 10.6. The Kier molecular flexibility index (Phi) is 4.16. The minimum absolute atomic E-state index is 0.143. The van der Waals surface area contributed by atoms with Gasteiger partial charge in [0.2, 0.25) is 0 Å². The van der Waals surface area contributed by atoms with Gasteiger partial charge in [0.25, 0.3) is 0 Å². The van der Waals surface area contributed by atoms with Gasteiger partial charge in [-0.3, -0.25) is 0 Å². The fourth-order valence-corrected chi connectivity index (χ4v) is 2.90. The van der Waals surface area contributed by atoms with E-state index in [9.17, 15) is 4.39 Å². The van der Waals surface area contributed by atoms with Crippen molar-refractivity contribution in [3.63, 3.8) is 0 Å². The summed E-state index contributed by atoms with van der Waals surface area (Å²) in [5, 5.41) is 3.50. The predicted octanol–water partition coefficient (Wildman–Crippen LogP) is 3.89. The van der Waals surface area contributed by atoms with Crippen LogP contribution in [0.4, 0.5) is 4.39 Å². The zero-order valence-corrected chi connectivity index (χ0v) is 10.6. The van der Waals surface area contributed by atoms with E-state index in [0.717, 1.165) is 18.7 Å². The molecule has 1 aromatic rings. The molecule has 0 aromatic heterocycles. The summed E-state index contributed by atoms with van der Waals surface area (Å²) in [5.74, 6) is -0.143. The number of hydrogen-bond donors (Lipinski definition) is 1. The van der Waals surface area contributed by atoms with Crippen LogP contribution in [-0.2, 0) is 6.54 Å². The van der Waals surface area contributed by atoms with Gasteiger partial charge in [-0.25, -0.2) is 4.39 Å². The van der Waals surface area contributed by atoms with Crippen molar-refractivity contribution in [2.75, 3.05) is 6.54 Å². The van der Waals surface area contributed by atoms with Crippen LogP contribution in [0.15, 0.2) is 24.3 Å². The van der Waals surface area contributed by atoms with Crippen molar-refractivity contribution in [3.8, 4) is 0 Å². The lowest BCUT2D eigenvalue weighted by Crippen LogP contribution is -2.31. The third kappa shape index (κ3) is 3.29. The molecule has 0 spiro atoms. The lowest BCUT2D eigenvalue weighted by atomic mass is 9.83. The van der Waals surface area contributed by atoms with Crippen LogP contribution in [-0.4, -0.2) is 6.54 Å². The van der Waals surface area contributed by atoms with Crippen molar-refractivity contribution in [2.45, 2.75) is 45.6 Å². The normalized spacial score (nSPS) is 18.5. The summed E-state index contributed by atoms with van der Waals surface area (Å²) >= 11 is 0. The lowest BCUT2D eigenvalue weighted by Gasteiger charge is -2.27. The van der Waals surface area contributed by atoms with Crippen molar-refractivity contribution >= 4 is 0 Å². The third-order valence-electron chi connectivity index (χ3n) is 4.13. The molecule has 1 aliphatic rings. The molecule has 0 atom stereocenters. The number of nitrogens with one attached hydrogen (secondary N) is 1. The van der Waals surface area contributed by atoms with E-state index in [-0.39, 0.29) is 5.82 Å². The molecule has 1 aromatic carbocycles. The summed E-state index contributed by atoms with van der Waals surface area (Å²) < 4.78 is 13.0. The molecule has 1 fully saturated rings. The maximum absolute atomic E-state index is 13.0. The smallest absolute Gasteiger partial charge is 0.123 e. The van der Waals surface area contributed by atoms with Gasteiger partial charge in [-0.05, 0) is 42.4 Å². The van der Waals surface area contributed by atoms with Crippen LogP contribution in [0.3, 0.4) is 0 Å². The van der Waals surface area contributed by atoms with E-state index >= 15 is 0 Å². The van der Waals surface area contributed by atoms with E-state index < -0.39 is 0 Å². The van der Waals surface area contributed by atoms with Gasteiger partial charge in [-0.1, -0.05) is 31.9 Å². The molecule has 1 N–H and O–H groups in total. The highest BCUT2D eigenvalue weighted by Crippen LogP contribution is 2.40. The molecule has 1 saturated carbocycles. The maximum atomic E-state index is 13.0. The lowest BCUT2D eigenvalue weighted by molar-refractivity contribution is 0.268. The van der Waals surface area contributed by atoms with Gasteiger partial charge in [0.05, 0.1) is 0 Å². The van der Waals surface area contributed by atoms with Crippen molar-refractivity contribution in [3.05, 3.63) is 35.6 Å². The van der Waals surface area contributed by atoms with Crippen LogP contribution in [0.2, 0.25) is 0 Å². The molecule has 0 aliphatic heterocycles. The maximum Gasteiger partial charge on any atom is 0.123 e. The first kappa shape index (κ1) is 12.6. The second-order valence-corrected chi connectivity index (χ2v) is 5.29. The molecule has 17 heavy (non-hydrogen) atoms. The molecule has 0 heterocycles. The summed E-state index contributed by atoms with van der Waals surface area (Å²) in [7, 11) is 0. The van der Waals surface area contributed by atoms with Gasteiger partial charge in [0, 0.05) is 13.1 Å². The highest BCUT2D eigenvalue weighted by atomic mass is 19.1. The Morgan fingerprint density at radius 1 is 1.29 bits per heavy atom. The Bertz CT molecular complexity index is 356. The molecule has 1 aliphatic carbocycles. The highest BCUT2D eigenvalue weighted by molar-refractivity contribution is 5.16. The standard InChI is InChI=1S/C15H22FN/c1-2-15(8-3-4-9-15)12-17-11-13-6-5-7-14(16)10-13/h5-7,10,17H,2-4,8-9,11-12H2,1H3. The summed E-state index contributed by atoms with van der Waals surface area (Å²) in [5.41, 5.74) is 1.54. The van der Waals surface area contributed by atoms with Gasteiger partial charge in [0.15, 0.2) is 0 Å². The number of benzene rings is 1. The van der Waals surface area contributed by atoms with Crippen LogP contribution in [0.1, 0.15) is 44.6 Å². The van der Waals surface area contributed by atoms with Crippen LogP contribution in [0.25, 0.3) is 0 Å². The minimum Gasteiger partial charge on any atom is -0.312 e. The average Bonchev–Trinajstić information content (AvgIpc) is 2.79. The Labute approximate surface area is 103 Å². The summed E-state index contributed by atoms with van der Waals surface area (Å²) in [6.45, 7) is 4.13. The SMILES string of the molecule is CCC1(CNCc2cccc(F)c2)CCCC1. The molecule has 0 radical (unpaired) electrons. The van der Waals surface area contributed by atoms with E-state index in [4.69, 9.17) is 0 Å². The monoisotopic (exact) mass is 235 g/mol. The zero-order chi connectivity index (χ0) is 12.1. The van der Waals surface area contributed by atoms with Crippen molar-refractivity contribution in [2.24, 2.45) is 5.41 Å². The van der Waals surface area contributed by atoms with E-state index in [1.807, 2.05) is 6.07 Å². The molecule has 0 amide bonds. The Hall–Kier alpha value is -0.890. The molecule has 1 nitrogen and oxygen atoms in total. The van der Waals surface area contributed by atoms with Gasteiger partial charge in [-0.15, -0.1) is 0 Å². The average molecular weight is 235 g/mol. The van der Waals surface area contributed by atoms with Crippen LogP contribution in [0, 0.1) is 11.2 Å². The molecule has 2 rings (SSSR count). The van der Waals surface area contributed by atoms with Gasteiger partial charge >= 0.3 is 0 Å². The summed E-state index contributed by atoms with van der Waals surface area (Å²) in [6, 6.07) is 6.86. The molecule has 2 heteroatoms. The second kappa shape index (κ2) is 5.63. The number of halogens is 1. The second-order valence-electron chi connectivity index (χ2n) is 5.29. The quantitative estimate of drug-likeness (QED) is 0.816. The first-order valence-corrected chi connectivity index (χ1v) is 6.69. The minimum atomic E-state index is -0.143.